The molecule has 0 fully saturated rings. The summed E-state index contributed by atoms with van der Waals surface area (Å²) in [5.74, 6) is 1.00. The van der Waals surface area contributed by atoms with Crippen LogP contribution < -0.4 is 0 Å². The van der Waals surface area contributed by atoms with Crippen LogP contribution in [0.5, 0.6) is 0 Å². The number of thioether (sulfide) groups is 1. The van der Waals surface area contributed by atoms with Gasteiger partial charge in [-0.15, -0.1) is 11.8 Å². The number of hydrogen-bond donors (Lipinski definition) is 0. The van der Waals surface area contributed by atoms with Crippen LogP contribution in [0.2, 0.25) is 0 Å². The predicted molar refractivity (Wildman–Crippen MR) is 61.4 cm³/mol. The fourth-order valence-electron chi connectivity index (χ4n) is 1.13. The van der Waals surface area contributed by atoms with Crippen LogP contribution in [0, 0.1) is 31.1 Å². The molecule has 74 valence electrons. The molecule has 0 bridgehead atoms. The van der Waals surface area contributed by atoms with Crippen molar-refractivity contribution in [2.75, 3.05) is 5.75 Å². The Labute approximate surface area is 90.1 Å². The van der Waals surface area contributed by atoms with Crippen LogP contribution in [0.25, 0.3) is 0 Å². The third kappa shape index (κ3) is 2.78. The van der Waals surface area contributed by atoms with Gasteiger partial charge >= 0.3 is 0 Å². The Hall–Kier alpha value is -0.940. The largest absolute Gasteiger partial charge is 0.198 e. The van der Waals surface area contributed by atoms with Crippen LogP contribution in [0.3, 0.4) is 0 Å². The van der Waals surface area contributed by atoms with Crippen molar-refractivity contribution >= 4 is 11.8 Å². The summed E-state index contributed by atoms with van der Waals surface area (Å²) in [6.07, 6.45) is 0. The Morgan fingerprint density at radius 3 is 2.79 bits per heavy atom. The van der Waals surface area contributed by atoms with Gasteiger partial charge in [0, 0.05) is 10.6 Å². The van der Waals surface area contributed by atoms with E-state index in [0.717, 1.165) is 5.75 Å². The molecule has 1 unspecified atom stereocenters. The average Bonchev–Trinajstić information content (AvgIpc) is 2.20. The highest BCUT2D eigenvalue weighted by Crippen LogP contribution is 2.25. The smallest absolute Gasteiger partial charge is 0.0661 e. The van der Waals surface area contributed by atoms with Crippen LogP contribution in [0.4, 0.5) is 0 Å². The SMILES string of the molecule is Cc1cccc(SCC(C)C#N)c1C. The third-order valence-electron chi connectivity index (χ3n) is 2.26. The first kappa shape index (κ1) is 11.1. The first-order chi connectivity index (χ1) is 6.65. The summed E-state index contributed by atoms with van der Waals surface area (Å²) in [6, 6.07) is 8.56. The summed E-state index contributed by atoms with van der Waals surface area (Å²) >= 11 is 1.77. The van der Waals surface area contributed by atoms with E-state index in [0.29, 0.717) is 0 Å². The van der Waals surface area contributed by atoms with Gasteiger partial charge in [0.05, 0.1) is 12.0 Å². The second kappa shape index (κ2) is 5.07. The fourth-order valence-corrected chi connectivity index (χ4v) is 2.19. The number of hydrogen-bond acceptors (Lipinski definition) is 2. The van der Waals surface area contributed by atoms with Crippen LogP contribution >= 0.6 is 11.8 Å². The quantitative estimate of drug-likeness (QED) is 0.704. The van der Waals surface area contributed by atoms with Gasteiger partial charge in [-0.25, -0.2) is 0 Å². The lowest BCUT2D eigenvalue weighted by atomic mass is 10.1. The Kier molecular flexibility index (Phi) is 4.03. The summed E-state index contributed by atoms with van der Waals surface area (Å²) in [5, 5.41) is 8.67. The standard InChI is InChI=1S/C12H15NS/c1-9(7-13)8-14-12-6-4-5-10(2)11(12)3/h4-6,9H,8H2,1-3H3. The Morgan fingerprint density at radius 2 is 2.14 bits per heavy atom. The normalized spacial score (nSPS) is 12.1. The minimum Gasteiger partial charge on any atom is -0.198 e. The van der Waals surface area contributed by atoms with E-state index in [9.17, 15) is 0 Å². The maximum atomic E-state index is 8.67. The van der Waals surface area contributed by atoms with E-state index < -0.39 is 0 Å². The first-order valence-corrected chi connectivity index (χ1v) is 5.72. The van der Waals surface area contributed by atoms with Gasteiger partial charge in [-0.3, -0.25) is 0 Å². The summed E-state index contributed by atoms with van der Waals surface area (Å²) in [6.45, 7) is 6.21. The van der Waals surface area contributed by atoms with Gasteiger partial charge in [-0.1, -0.05) is 12.1 Å². The van der Waals surface area contributed by atoms with Crippen molar-refractivity contribution < 1.29 is 0 Å². The molecular weight excluding hydrogens is 190 g/mol. The average molecular weight is 205 g/mol. The molecule has 14 heavy (non-hydrogen) atoms. The molecule has 0 aromatic heterocycles. The fraction of sp³-hybridized carbons (Fsp3) is 0.417. The highest BCUT2D eigenvalue weighted by Gasteiger charge is 2.04. The van der Waals surface area contributed by atoms with Gasteiger partial charge in [0.15, 0.2) is 0 Å². The summed E-state index contributed by atoms with van der Waals surface area (Å²) < 4.78 is 0. The predicted octanol–water partition coefficient (Wildman–Crippen LogP) is 3.56. The van der Waals surface area contributed by atoms with Crippen molar-refractivity contribution in [3.8, 4) is 6.07 Å². The lowest BCUT2D eigenvalue weighted by Crippen LogP contribution is -1.94. The molecular formula is C12H15NS. The minimum absolute atomic E-state index is 0.125. The van der Waals surface area contributed by atoms with E-state index in [2.05, 4.69) is 38.1 Å². The maximum Gasteiger partial charge on any atom is 0.0661 e. The highest BCUT2D eigenvalue weighted by molar-refractivity contribution is 7.99. The molecule has 0 saturated carbocycles. The summed E-state index contributed by atoms with van der Waals surface area (Å²) in [4.78, 5) is 1.30. The number of nitrogens with zero attached hydrogens (tertiary/aromatic N) is 1. The number of aryl methyl sites for hydroxylation is 1. The van der Waals surface area contributed by atoms with Gasteiger partial charge in [-0.05, 0) is 38.0 Å². The maximum absolute atomic E-state index is 8.67. The molecule has 0 radical (unpaired) electrons. The van der Waals surface area contributed by atoms with Crippen molar-refractivity contribution in [3.63, 3.8) is 0 Å². The van der Waals surface area contributed by atoms with Crippen LogP contribution in [0.1, 0.15) is 18.1 Å². The molecule has 1 nitrogen and oxygen atoms in total. The van der Waals surface area contributed by atoms with Gasteiger partial charge in [-0.2, -0.15) is 5.26 Å². The third-order valence-corrected chi connectivity index (χ3v) is 3.68. The molecule has 0 aliphatic heterocycles. The number of rotatable bonds is 3. The van der Waals surface area contributed by atoms with E-state index in [-0.39, 0.29) is 5.92 Å². The molecule has 1 aromatic rings. The molecule has 0 amide bonds. The zero-order chi connectivity index (χ0) is 10.6. The zero-order valence-corrected chi connectivity index (χ0v) is 9.69. The van der Waals surface area contributed by atoms with Crippen molar-refractivity contribution in [2.24, 2.45) is 5.92 Å². The second-order valence-electron chi connectivity index (χ2n) is 3.54. The summed E-state index contributed by atoms with van der Waals surface area (Å²) in [7, 11) is 0. The number of benzene rings is 1. The van der Waals surface area contributed by atoms with Gasteiger partial charge in [0.2, 0.25) is 0 Å². The van der Waals surface area contributed by atoms with Gasteiger partial charge < -0.3 is 0 Å². The van der Waals surface area contributed by atoms with Gasteiger partial charge in [0.1, 0.15) is 0 Å². The Balaban J connectivity index is 2.69. The van der Waals surface area contributed by atoms with Crippen molar-refractivity contribution in [1.29, 1.82) is 5.26 Å². The highest BCUT2D eigenvalue weighted by atomic mass is 32.2. The van der Waals surface area contributed by atoms with E-state index in [1.165, 1.54) is 16.0 Å². The first-order valence-electron chi connectivity index (χ1n) is 4.73. The van der Waals surface area contributed by atoms with E-state index in [1.807, 2.05) is 6.92 Å². The Bertz CT molecular complexity index is 352. The molecule has 0 aliphatic rings. The molecule has 0 heterocycles. The molecule has 1 rings (SSSR count). The molecule has 1 atom stereocenters. The van der Waals surface area contributed by atoms with Crippen molar-refractivity contribution in [2.45, 2.75) is 25.7 Å². The van der Waals surface area contributed by atoms with Crippen molar-refractivity contribution in [1.82, 2.24) is 0 Å². The molecule has 0 N–H and O–H groups in total. The Morgan fingerprint density at radius 1 is 1.43 bits per heavy atom. The molecule has 1 aromatic carbocycles. The van der Waals surface area contributed by atoms with Crippen LogP contribution in [0.15, 0.2) is 23.1 Å². The summed E-state index contributed by atoms with van der Waals surface area (Å²) in [5.41, 5.74) is 2.65. The minimum atomic E-state index is 0.125. The van der Waals surface area contributed by atoms with E-state index >= 15 is 0 Å². The number of nitriles is 1. The molecule has 2 heteroatoms. The van der Waals surface area contributed by atoms with Crippen LogP contribution in [-0.2, 0) is 0 Å². The lowest BCUT2D eigenvalue weighted by Gasteiger charge is -2.08. The lowest BCUT2D eigenvalue weighted by molar-refractivity contribution is 0.863. The van der Waals surface area contributed by atoms with Crippen molar-refractivity contribution in [3.05, 3.63) is 29.3 Å². The zero-order valence-electron chi connectivity index (χ0n) is 8.87. The monoisotopic (exact) mass is 205 g/mol. The molecule has 0 spiro atoms. The second-order valence-corrected chi connectivity index (χ2v) is 4.60. The van der Waals surface area contributed by atoms with E-state index in [4.69, 9.17) is 5.26 Å². The topological polar surface area (TPSA) is 23.8 Å². The van der Waals surface area contributed by atoms with Crippen LogP contribution in [-0.4, -0.2) is 5.75 Å². The molecule has 0 saturated heterocycles. The van der Waals surface area contributed by atoms with Gasteiger partial charge in [0.25, 0.3) is 0 Å². The van der Waals surface area contributed by atoms with E-state index in [1.54, 1.807) is 11.8 Å². The molecule has 0 aliphatic carbocycles.